The molecular formula is C17H27N3O. The lowest BCUT2D eigenvalue weighted by Gasteiger charge is -2.44. The van der Waals surface area contributed by atoms with Gasteiger partial charge in [0.25, 0.3) is 0 Å². The molecule has 0 saturated carbocycles. The van der Waals surface area contributed by atoms with Crippen molar-refractivity contribution in [3.63, 3.8) is 0 Å². The molecule has 0 aliphatic carbocycles. The van der Waals surface area contributed by atoms with Crippen LogP contribution >= 0.6 is 0 Å². The van der Waals surface area contributed by atoms with Gasteiger partial charge in [-0.2, -0.15) is 0 Å². The van der Waals surface area contributed by atoms with Crippen molar-refractivity contribution in [2.24, 2.45) is 5.41 Å². The predicted octanol–water partition coefficient (Wildman–Crippen LogP) is 1.56. The highest BCUT2D eigenvalue weighted by Crippen LogP contribution is 2.36. The summed E-state index contributed by atoms with van der Waals surface area (Å²) >= 11 is 0. The molecule has 3 rings (SSSR count). The average molecular weight is 289 g/mol. The number of anilines is 1. The van der Waals surface area contributed by atoms with Gasteiger partial charge in [-0.1, -0.05) is 12.1 Å². The van der Waals surface area contributed by atoms with Crippen molar-refractivity contribution in [2.45, 2.75) is 31.7 Å². The zero-order valence-corrected chi connectivity index (χ0v) is 12.7. The third-order valence-electron chi connectivity index (χ3n) is 4.95. The van der Waals surface area contributed by atoms with E-state index in [1.807, 2.05) is 12.1 Å². The molecule has 1 aromatic carbocycles. The van der Waals surface area contributed by atoms with Gasteiger partial charge in [-0.05, 0) is 55.3 Å². The molecule has 2 aliphatic rings. The number of rotatable bonds is 4. The molecule has 4 heteroatoms. The normalized spacial score (nSPS) is 25.0. The summed E-state index contributed by atoms with van der Waals surface area (Å²) in [5.41, 5.74) is 8.37. The van der Waals surface area contributed by atoms with Crippen molar-refractivity contribution in [1.29, 1.82) is 0 Å². The maximum absolute atomic E-state index is 5.72. The van der Waals surface area contributed by atoms with E-state index in [2.05, 4.69) is 22.8 Å². The summed E-state index contributed by atoms with van der Waals surface area (Å²) in [6.07, 6.45) is 4.75. The molecule has 21 heavy (non-hydrogen) atoms. The van der Waals surface area contributed by atoms with Crippen molar-refractivity contribution in [1.82, 2.24) is 10.6 Å². The molecule has 1 atom stereocenters. The third-order valence-corrected chi connectivity index (χ3v) is 4.95. The quantitative estimate of drug-likeness (QED) is 0.736. The first-order valence-electron chi connectivity index (χ1n) is 8.12. The first-order valence-corrected chi connectivity index (χ1v) is 8.12. The summed E-state index contributed by atoms with van der Waals surface area (Å²) in [5.74, 6) is 0. The van der Waals surface area contributed by atoms with E-state index in [1.165, 1.54) is 24.8 Å². The monoisotopic (exact) mass is 289 g/mol. The number of nitrogen functional groups attached to an aromatic ring is 1. The van der Waals surface area contributed by atoms with E-state index in [4.69, 9.17) is 10.5 Å². The van der Waals surface area contributed by atoms with Crippen molar-refractivity contribution < 1.29 is 4.74 Å². The Morgan fingerprint density at radius 3 is 2.76 bits per heavy atom. The highest BCUT2D eigenvalue weighted by atomic mass is 16.5. The summed E-state index contributed by atoms with van der Waals surface area (Å²) in [4.78, 5) is 0. The number of piperidine rings is 1. The maximum Gasteiger partial charge on any atom is 0.0471 e. The average Bonchev–Trinajstić information content (AvgIpc) is 2.50. The Morgan fingerprint density at radius 1 is 1.24 bits per heavy atom. The molecule has 2 saturated heterocycles. The van der Waals surface area contributed by atoms with E-state index >= 15 is 0 Å². The topological polar surface area (TPSA) is 59.3 Å². The van der Waals surface area contributed by atoms with E-state index in [9.17, 15) is 0 Å². The first kappa shape index (κ1) is 14.8. The summed E-state index contributed by atoms with van der Waals surface area (Å²) in [6, 6.07) is 8.79. The van der Waals surface area contributed by atoms with Gasteiger partial charge >= 0.3 is 0 Å². The molecule has 0 aromatic heterocycles. The van der Waals surface area contributed by atoms with Crippen LogP contribution in [-0.2, 0) is 11.2 Å². The summed E-state index contributed by atoms with van der Waals surface area (Å²) in [6.45, 7) is 5.14. The van der Waals surface area contributed by atoms with Gasteiger partial charge in [0.15, 0.2) is 0 Å². The van der Waals surface area contributed by atoms with Gasteiger partial charge in [0.2, 0.25) is 0 Å². The van der Waals surface area contributed by atoms with Crippen molar-refractivity contribution in [3.8, 4) is 0 Å². The molecule has 0 radical (unpaired) electrons. The minimum atomic E-state index is 0.468. The SMILES string of the molecule is Nc1ccc(CCNC2CNCC3(CCOCC3)C2)cc1. The van der Waals surface area contributed by atoms with Gasteiger partial charge in [0.05, 0.1) is 0 Å². The number of benzene rings is 1. The number of hydrogen-bond acceptors (Lipinski definition) is 4. The van der Waals surface area contributed by atoms with E-state index in [1.54, 1.807) is 0 Å². The Morgan fingerprint density at radius 2 is 2.00 bits per heavy atom. The second kappa shape index (κ2) is 6.77. The highest BCUT2D eigenvalue weighted by molar-refractivity contribution is 5.39. The van der Waals surface area contributed by atoms with Crippen LogP contribution in [0.5, 0.6) is 0 Å². The van der Waals surface area contributed by atoms with Crippen LogP contribution in [-0.4, -0.2) is 38.9 Å². The van der Waals surface area contributed by atoms with Gasteiger partial charge in [0, 0.05) is 38.0 Å². The maximum atomic E-state index is 5.72. The Labute approximate surface area is 127 Å². The summed E-state index contributed by atoms with van der Waals surface area (Å²) < 4.78 is 5.52. The third kappa shape index (κ3) is 3.96. The lowest BCUT2D eigenvalue weighted by atomic mass is 9.73. The van der Waals surface area contributed by atoms with Gasteiger partial charge < -0.3 is 21.1 Å². The van der Waals surface area contributed by atoms with Crippen LogP contribution in [0.1, 0.15) is 24.8 Å². The Kier molecular flexibility index (Phi) is 4.78. The van der Waals surface area contributed by atoms with Crippen LogP contribution in [0.15, 0.2) is 24.3 Å². The molecule has 2 heterocycles. The fraction of sp³-hybridized carbons (Fsp3) is 0.647. The molecule has 4 N–H and O–H groups in total. The Bertz CT molecular complexity index is 434. The molecule has 2 aliphatic heterocycles. The van der Waals surface area contributed by atoms with Crippen LogP contribution in [0.2, 0.25) is 0 Å². The number of hydrogen-bond donors (Lipinski definition) is 3. The predicted molar refractivity (Wildman–Crippen MR) is 86.3 cm³/mol. The molecule has 0 amide bonds. The fourth-order valence-electron chi connectivity index (χ4n) is 3.61. The standard InChI is InChI=1S/C17H27N3O/c18-15-3-1-14(2-4-15)5-8-20-16-11-17(13-19-12-16)6-9-21-10-7-17/h1-4,16,19-20H,5-13,18H2. The van der Waals surface area contributed by atoms with Gasteiger partial charge in [-0.25, -0.2) is 0 Å². The number of nitrogens with one attached hydrogen (secondary N) is 2. The lowest BCUT2D eigenvalue weighted by Crippen LogP contribution is -2.54. The van der Waals surface area contributed by atoms with Crippen molar-refractivity contribution in [2.75, 3.05) is 38.6 Å². The van der Waals surface area contributed by atoms with Crippen LogP contribution in [0.25, 0.3) is 0 Å². The molecule has 0 bridgehead atoms. The molecule has 4 nitrogen and oxygen atoms in total. The van der Waals surface area contributed by atoms with Crippen molar-refractivity contribution >= 4 is 5.69 Å². The molecular weight excluding hydrogens is 262 g/mol. The Balaban J connectivity index is 1.45. The fourth-order valence-corrected chi connectivity index (χ4v) is 3.61. The van der Waals surface area contributed by atoms with Gasteiger partial charge in [-0.3, -0.25) is 0 Å². The van der Waals surface area contributed by atoms with Gasteiger partial charge in [-0.15, -0.1) is 0 Å². The van der Waals surface area contributed by atoms with E-state index in [0.717, 1.165) is 45.0 Å². The van der Waals surface area contributed by atoms with Crippen LogP contribution in [0, 0.1) is 5.41 Å². The molecule has 1 unspecified atom stereocenters. The van der Waals surface area contributed by atoms with E-state index in [-0.39, 0.29) is 0 Å². The van der Waals surface area contributed by atoms with Crippen molar-refractivity contribution in [3.05, 3.63) is 29.8 Å². The smallest absolute Gasteiger partial charge is 0.0471 e. The number of nitrogens with two attached hydrogens (primary N) is 1. The lowest BCUT2D eigenvalue weighted by molar-refractivity contribution is -0.00377. The van der Waals surface area contributed by atoms with E-state index in [0.29, 0.717) is 11.5 Å². The van der Waals surface area contributed by atoms with Crippen LogP contribution < -0.4 is 16.4 Å². The summed E-state index contributed by atoms with van der Waals surface area (Å²) in [5, 5.41) is 7.34. The minimum absolute atomic E-state index is 0.468. The molecule has 1 aromatic rings. The van der Waals surface area contributed by atoms with Crippen LogP contribution in [0.4, 0.5) is 5.69 Å². The zero-order valence-electron chi connectivity index (χ0n) is 12.7. The zero-order chi connectivity index (χ0) is 14.5. The Hall–Kier alpha value is -1.10. The molecule has 116 valence electrons. The summed E-state index contributed by atoms with van der Waals surface area (Å²) in [7, 11) is 0. The second-order valence-corrected chi connectivity index (χ2v) is 6.59. The van der Waals surface area contributed by atoms with E-state index < -0.39 is 0 Å². The number of ether oxygens (including phenoxy) is 1. The highest BCUT2D eigenvalue weighted by Gasteiger charge is 2.37. The molecule has 2 fully saturated rings. The molecule has 1 spiro atoms. The minimum Gasteiger partial charge on any atom is -0.399 e. The largest absolute Gasteiger partial charge is 0.399 e. The first-order chi connectivity index (χ1) is 10.3. The van der Waals surface area contributed by atoms with Gasteiger partial charge in [0.1, 0.15) is 0 Å². The van der Waals surface area contributed by atoms with Crippen LogP contribution in [0.3, 0.4) is 0 Å². The second-order valence-electron chi connectivity index (χ2n) is 6.59.